The van der Waals surface area contributed by atoms with E-state index < -0.39 is 0 Å². The lowest BCUT2D eigenvalue weighted by Crippen LogP contribution is -2.45. The van der Waals surface area contributed by atoms with E-state index in [9.17, 15) is 4.79 Å². The van der Waals surface area contributed by atoms with E-state index in [1.54, 1.807) is 0 Å². The van der Waals surface area contributed by atoms with Crippen LogP contribution in [0.4, 0.5) is 0 Å². The number of carbonyl (C=O) groups is 1. The Morgan fingerprint density at radius 2 is 2.22 bits per heavy atom. The predicted octanol–water partition coefficient (Wildman–Crippen LogP) is 1.02. The Bertz CT molecular complexity index is 381. The second-order valence-electron chi connectivity index (χ2n) is 4.55. The minimum Gasteiger partial charge on any atom is -0.468 e. The number of ether oxygens (including phenoxy) is 1. The van der Waals surface area contributed by atoms with E-state index in [2.05, 4.69) is 22.3 Å². The number of methoxy groups -OCH3 is 1. The third-order valence-corrected chi connectivity index (χ3v) is 3.28. The molecule has 0 bridgehead atoms. The zero-order valence-corrected chi connectivity index (χ0v) is 10.8. The molecular formula is C14H20N2O2. The van der Waals surface area contributed by atoms with E-state index in [1.807, 2.05) is 18.2 Å². The second-order valence-corrected chi connectivity index (χ2v) is 4.55. The van der Waals surface area contributed by atoms with Gasteiger partial charge < -0.3 is 10.1 Å². The predicted molar refractivity (Wildman–Crippen MR) is 70.1 cm³/mol. The van der Waals surface area contributed by atoms with Crippen molar-refractivity contribution in [3.8, 4) is 0 Å². The molecule has 0 amide bonds. The van der Waals surface area contributed by atoms with Crippen LogP contribution < -0.4 is 5.32 Å². The number of nitrogens with one attached hydrogen (secondary N) is 1. The Kier molecular flexibility index (Phi) is 4.73. The topological polar surface area (TPSA) is 41.6 Å². The lowest BCUT2D eigenvalue weighted by Gasteiger charge is -2.27. The van der Waals surface area contributed by atoms with Crippen molar-refractivity contribution in [3.63, 3.8) is 0 Å². The van der Waals surface area contributed by atoms with Crippen LogP contribution in [0, 0.1) is 0 Å². The third-order valence-electron chi connectivity index (χ3n) is 3.28. The molecule has 1 atom stereocenters. The molecule has 1 saturated heterocycles. The maximum atomic E-state index is 11.8. The van der Waals surface area contributed by atoms with Gasteiger partial charge in [-0.1, -0.05) is 30.3 Å². The standard InChI is InChI=1S/C14H20N2O2/c1-18-14(17)13-10-15-8-5-9-16(13)11-12-6-3-2-4-7-12/h2-4,6-7,13,15H,5,8-11H2,1H3. The maximum Gasteiger partial charge on any atom is 0.324 e. The van der Waals surface area contributed by atoms with Crippen molar-refractivity contribution < 1.29 is 9.53 Å². The van der Waals surface area contributed by atoms with Crippen LogP contribution in [-0.4, -0.2) is 43.7 Å². The van der Waals surface area contributed by atoms with Crippen molar-refractivity contribution >= 4 is 5.97 Å². The van der Waals surface area contributed by atoms with E-state index in [0.717, 1.165) is 26.1 Å². The molecule has 1 aliphatic rings. The summed E-state index contributed by atoms with van der Waals surface area (Å²) < 4.78 is 4.89. The lowest BCUT2D eigenvalue weighted by molar-refractivity contribution is -0.146. The highest BCUT2D eigenvalue weighted by Crippen LogP contribution is 2.11. The minimum atomic E-state index is -0.183. The Balaban J connectivity index is 2.08. The SMILES string of the molecule is COC(=O)C1CNCCCN1Cc1ccccc1. The first-order valence-corrected chi connectivity index (χ1v) is 6.38. The highest BCUT2D eigenvalue weighted by atomic mass is 16.5. The van der Waals surface area contributed by atoms with Crippen molar-refractivity contribution in [2.24, 2.45) is 0 Å². The lowest BCUT2D eigenvalue weighted by atomic mass is 10.1. The van der Waals surface area contributed by atoms with E-state index in [0.29, 0.717) is 6.54 Å². The molecule has 0 spiro atoms. The molecule has 4 nitrogen and oxygen atoms in total. The number of hydrogen-bond donors (Lipinski definition) is 1. The van der Waals surface area contributed by atoms with Gasteiger partial charge in [0.25, 0.3) is 0 Å². The zero-order valence-electron chi connectivity index (χ0n) is 10.8. The number of carbonyl (C=O) groups excluding carboxylic acids is 1. The molecule has 1 N–H and O–H groups in total. The molecule has 0 aliphatic carbocycles. The average molecular weight is 248 g/mol. The summed E-state index contributed by atoms with van der Waals surface area (Å²) in [5.41, 5.74) is 1.23. The highest BCUT2D eigenvalue weighted by Gasteiger charge is 2.27. The number of nitrogens with zero attached hydrogens (tertiary/aromatic N) is 1. The van der Waals surface area contributed by atoms with Crippen LogP contribution in [0.5, 0.6) is 0 Å². The van der Waals surface area contributed by atoms with E-state index in [1.165, 1.54) is 12.7 Å². The number of benzene rings is 1. The van der Waals surface area contributed by atoms with Crippen LogP contribution in [0.2, 0.25) is 0 Å². The number of hydrogen-bond acceptors (Lipinski definition) is 4. The van der Waals surface area contributed by atoms with E-state index >= 15 is 0 Å². The summed E-state index contributed by atoms with van der Waals surface area (Å²) in [7, 11) is 1.45. The van der Waals surface area contributed by atoms with Crippen LogP contribution in [0.3, 0.4) is 0 Å². The summed E-state index contributed by atoms with van der Waals surface area (Å²) >= 11 is 0. The van der Waals surface area contributed by atoms with Gasteiger partial charge in [-0.05, 0) is 18.5 Å². The summed E-state index contributed by atoms with van der Waals surface area (Å²) in [4.78, 5) is 14.0. The molecular weight excluding hydrogens is 228 g/mol. The molecule has 1 fully saturated rings. The molecule has 98 valence electrons. The van der Waals surface area contributed by atoms with Gasteiger partial charge in [-0.15, -0.1) is 0 Å². The first-order chi connectivity index (χ1) is 8.81. The van der Waals surface area contributed by atoms with Gasteiger partial charge >= 0.3 is 5.97 Å². The van der Waals surface area contributed by atoms with Crippen molar-refractivity contribution in [2.75, 3.05) is 26.7 Å². The summed E-state index contributed by atoms with van der Waals surface area (Å²) in [5, 5.41) is 3.29. The van der Waals surface area contributed by atoms with Gasteiger partial charge in [0.2, 0.25) is 0 Å². The average Bonchev–Trinajstić information content (AvgIpc) is 2.64. The Labute approximate surface area is 108 Å². The fraction of sp³-hybridized carbons (Fsp3) is 0.500. The van der Waals surface area contributed by atoms with Crippen molar-refractivity contribution in [3.05, 3.63) is 35.9 Å². The summed E-state index contributed by atoms with van der Waals surface area (Å²) in [6, 6.07) is 10.1. The summed E-state index contributed by atoms with van der Waals surface area (Å²) in [6.07, 6.45) is 1.06. The fourth-order valence-corrected chi connectivity index (χ4v) is 2.31. The fourth-order valence-electron chi connectivity index (χ4n) is 2.31. The Morgan fingerprint density at radius 3 is 2.94 bits per heavy atom. The van der Waals surface area contributed by atoms with Gasteiger partial charge in [-0.25, -0.2) is 0 Å². The number of esters is 1. The van der Waals surface area contributed by atoms with Crippen molar-refractivity contribution in [2.45, 2.75) is 19.0 Å². The second kappa shape index (κ2) is 6.52. The normalized spacial score (nSPS) is 21.3. The van der Waals surface area contributed by atoms with Crippen molar-refractivity contribution in [1.82, 2.24) is 10.2 Å². The van der Waals surface area contributed by atoms with Gasteiger partial charge in [0, 0.05) is 19.6 Å². The minimum absolute atomic E-state index is 0.152. The molecule has 4 heteroatoms. The number of rotatable bonds is 3. The summed E-state index contributed by atoms with van der Waals surface area (Å²) in [5.74, 6) is -0.152. The van der Waals surface area contributed by atoms with Crippen LogP contribution in [0.1, 0.15) is 12.0 Å². The molecule has 0 saturated carbocycles. The van der Waals surface area contributed by atoms with Gasteiger partial charge in [0.1, 0.15) is 6.04 Å². The first-order valence-electron chi connectivity index (χ1n) is 6.38. The van der Waals surface area contributed by atoms with E-state index in [4.69, 9.17) is 4.74 Å². The zero-order chi connectivity index (χ0) is 12.8. The maximum absolute atomic E-state index is 11.8. The van der Waals surface area contributed by atoms with E-state index in [-0.39, 0.29) is 12.0 Å². The Hall–Kier alpha value is -1.39. The van der Waals surface area contributed by atoms with Gasteiger partial charge in [0.05, 0.1) is 7.11 Å². The Morgan fingerprint density at radius 1 is 1.44 bits per heavy atom. The molecule has 0 radical (unpaired) electrons. The quantitative estimate of drug-likeness (QED) is 0.811. The molecule has 1 aromatic carbocycles. The van der Waals surface area contributed by atoms with Crippen LogP contribution in [0.15, 0.2) is 30.3 Å². The molecule has 1 heterocycles. The molecule has 1 aromatic rings. The van der Waals surface area contributed by atoms with Crippen LogP contribution in [-0.2, 0) is 16.1 Å². The summed E-state index contributed by atoms with van der Waals surface area (Å²) in [6.45, 7) is 3.34. The first kappa shape index (κ1) is 13.1. The molecule has 2 rings (SSSR count). The molecule has 1 aliphatic heterocycles. The largest absolute Gasteiger partial charge is 0.468 e. The molecule has 0 aromatic heterocycles. The van der Waals surface area contributed by atoms with Gasteiger partial charge in [0.15, 0.2) is 0 Å². The van der Waals surface area contributed by atoms with Gasteiger partial charge in [-0.3, -0.25) is 9.69 Å². The smallest absolute Gasteiger partial charge is 0.324 e. The van der Waals surface area contributed by atoms with Crippen LogP contribution >= 0.6 is 0 Å². The van der Waals surface area contributed by atoms with Crippen LogP contribution in [0.25, 0.3) is 0 Å². The molecule has 18 heavy (non-hydrogen) atoms. The highest BCUT2D eigenvalue weighted by molar-refractivity contribution is 5.76. The molecule has 1 unspecified atom stereocenters. The van der Waals surface area contributed by atoms with Crippen molar-refractivity contribution in [1.29, 1.82) is 0 Å². The van der Waals surface area contributed by atoms with Gasteiger partial charge in [-0.2, -0.15) is 0 Å². The monoisotopic (exact) mass is 248 g/mol. The third kappa shape index (κ3) is 3.31.